The van der Waals surface area contributed by atoms with E-state index in [9.17, 15) is 4.79 Å². The van der Waals surface area contributed by atoms with Crippen molar-refractivity contribution in [3.05, 3.63) is 29.8 Å². The van der Waals surface area contributed by atoms with Crippen LogP contribution in [0.4, 0.5) is 10.5 Å². The van der Waals surface area contributed by atoms with Gasteiger partial charge in [0.15, 0.2) is 0 Å². The van der Waals surface area contributed by atoms with Crippen LogP contribution in [0.5, 0.6) is 0 Å². The summed E-state index contributed by atoms with van der Waals surface area (Å²) in [6, 6.07) is 7.88. The van der Waals surface area contributed by atoms with Gasteiger partial charge in [-0.1, -0.05) is 19.1 Å². The van der Waals surface area contributed by atoms with Crippen molar-refractivity contribution >= 4 is 11.7 Å². The van der Waals surface area contributed by atoms with Crippen molar-refractivity contribution in [2.45, 2.75) is 19.9 Å². The lowest BCUT2D eigenvalue weighted by Gasteiger charge is -2.16. The molecule has 1 aliphatic heterocycles. The molecule has 2 atom stereocenters. The van der Waals surface area contributed by atoms with E-state index in [0.29, 0.717) is 5.92 Å². The maximum atomic E-state index is 11.8. The second kappa shape index (κ2) is 5.19. The summed E-state index contributed by atoms with van der Waals surface area (Å²) in [5, 5.41) is 9.09. The molecule has 0 saturated carbocycles. The molecule has 1 fully saturated rings. The zero-order valence-electron chi connectivity index (χ0n) is 10.3. The summed E-state index contributed by atoms with van der Waals surface area (Å²) in [5.74, 6) is 0.484. The van der Waals surface area contributed by atoms with E-state index in [1.165, 1.54) is 0 Å². The zero-order chi connectivity index (χ0) is 12.3. The van der Waals surface area contributed by atoms with Gasteiger partial charge in [0.1, 0.15) is 0 Å². The summed E-state index contributed by atoms with van der Waals surface area (Å²) < 4.78 is 0. The molecule has 1 aliphatic rings. The van der Waals surface area contributed by atoms with Crippen molar-refractivity contribution in [2.24, 2.45) is 5.92 Å². The van der Waals surface area contributed by atoms with E-state index >= 15 is 0 Å². The van der Waals surface area contributed by atoms with Crippen LogP contribution in [0.2, 0.25) is 0 Å². The van der Waals surface area contributed by atoms with Gasteiger partial charge in [-0.25, -0.2) is 4.79 Å². The molecule has 1 heterocycles. The second-order valence-electron chi connectivity index (χ2n) is 4.71. The van der Waals surface area contributed by atoms with Crippen LogP contribution in [0.1, 0.15) is 12.5 Å². The highest BCUT2D eigenvalue weighted by atomic mass is 16.2. The number of rotatable bonds is 2. The van der Waals surface area contributed by atoms with Crippen LogP contribution < -0.4 is 16.0 Å². The fraction of sp³-hybridized carbons (Fsp3) is 0.462. The molecule has 1 aromatic rings. The Morgan fingerprint density at radius 3 is 2.88 bits per heavy atom. The van der Waals surface area contributed by atoms with Gasteiger partial charge in [-0.2, -0.15) is 0 Å². The van der Waals surface area contributed by atoms with Gasteiger partial charge in [0.25, 0.3) is 0 Å². The Hall–Kier alpha value is -1.55. The first kappa shape index (κ1) is 11.9. The summed E-state index contributed by atoms with van der Waals surface area (Å²) in [5.41, 5.74) is 1.97. The quantitative estimate of drug-likeness (QED) is 0.728. The molecular formula is C13H19N3O. The Balaban J connectivity index is 1.89. The minimum atomic E-state index is -0.129. The van der Waals surface area contributed by atoms with Crippen LogP contribution in [-0.2, 0) is 0 Å². The van der Waals surface area contributed by atoms with Crippen molar-refractivity contribution in [3.63, 3.8) is 0 Å². The molecule has 2 amide bonds. The monoisotopic (exact) mass is 233 g/mol. The van der Waals surface area contributed by atoms with E-state index in [1.54, 1.807) is 0 Å². The number of hydrogen-bond acceptors (Lipinski definition) is 2. The highest BCUT2D eigenvalue weighted by Crippen LogP contribution is 2.11. The Kier molecular flexibility index (Phi) is 3.64. The normalized spacial score (nSPS) is 23.4. The second-order valence-corrected chi connectivity index (χ2v) is 4.71. The number of carbonyl (C=O) groups excluding carboxylic acids is 1. The standard InChI is InChI=1S/C13H19N3O/c1-9-4-3-5-11(6-9)15-13(17)16-12-8-14-7-10(12)2/h3-6,10,12,14H,7-8H2,1-2H3,(H2,15,16,17). The molecular weight excluding hydrogens is 214 g/mol. The predicted molar refractivity (Wildman–Crippen MR) is 69.2 cm³/mol. The molecule has 2 unspecified atom stereocenters. The Morgan fingerprint density at radius 2 is 2.24 bits per heavy atom. The third-order valence-electron chi connectivity index (χ3n) is 3.11. The van der Waals surface area contributed by atoms with Crippen LogP contribution in [0.15, 0.2) is 24.3 Å². The number of amides is 2. The van der Waals surface area contributed by atoms with Gasteiger partial charge < -0.3 is 16.0 Å². The molecule has 4 heteroatoms. The summed E-state index contributed by atoms with van der Waals surface area (Å²) in [4.78, 5) is 11.8. The molecule has 0 radical (unpaired) electrons. The predicted octanol–water partition coefficient (Wildman–Crippen LogP) is 1.72. The van der Waals surface area contributed by atoms with Crippen LogP contribution in [0.25, 0.3) is 0 Å². The van der Waals surface area contributed by atoms with Gasteiger partial charge in [0.2, 0.25) is 0 Å². The van der Waals surface area contributed by atoms with Crippen LogP contribution in [-0.4, -0.2) is 25.2 Å². The smallest absolute Gasteiger partial charge is 0.319 e. The fourth-order valence-electron chi connectivity index (χ4n) is 2.06. The van der Waals surface area contributed by atoms with Crippen molar-refractivity contribution in [1.82, 2.24) is 10.6 Å². The number of carbonyl (C=O) groups is 1. The summed E-state index contributed by atoms with van der Waals surface area (Å²) in [6.45, 7) is 5.96. The van der Waals surface area contributed by atoms with Crippen LogP contribution >= 0.6 is 0 Å². The van der Waals surface area contributed by atoms with Crippen molar-refractivity contribution in [2.75, 3.05) is 18.4 Å². The highest BCUT2D eigenvalue weighted by molar-refractivity contribution is 5.89. The van der Waals surface area contributed by atoms with Gasteiger partial charge in [0, 0.05) is 18.3 Å². The maximum absolute atomic E-state index is 11.8. The average molecular weight is 233 g/mol. The first-order valence-corrected chi connectivity index (χ1v) is 6.00. The lowest BCUT2D eigenvalue weighted by molar-refractivity contribution is 0.247. The third kappa shape index (κ3) is 3.20. The third-order valence-corrected chi connectivity index (χ3v) is 3.11. The van der Waals surface area contributed by atoms with Gasteiger partial charge in [-0.05, 0) is 37.1 Å². The topological polar surface area (TPSA) is 53.2 Å². The van der Waals surface area contributed by atoms with Gasteiger partial charge in [-0.15, -0.1) is 0 Å². The van der Waals surface area contributed by atoms with Gasteiger partial charge >= 0.3 is 6.03 Å². The summed E-state index contributed by atoms with van der Waals surface area (Å²) in [6.07, 6.45) is 0. The minimum absolute atomic E-state index is 0.129. The van der Waals surface area contributed by atoms with Gasteiger partial charge in [-0.3, -0.25) is 0 Å². The van der Waals surface area contributed by atoms with E-state index in [4.69, 9.17) is 0 Å². The molecule has 4 nitrogen and oxygen atoms in total. The van der Waals surface area contributed by atoms with Crippen LogP contribution in [0.3, 0.4) is 0 Å². The summed E-state index contributed by atoms with van der Waals surface area (Å²) >= 11 is 0. The molecule has 0 spiro atoms. The van der Waals surface area contributed by atoms with E-state index in [1.807, 2.05) is 31.2 Å². The number of hydrogen-bond donors (Lipinski definition) is 3. The van der Waals surface area contributed by atoms with Crippen molar-refractivity contribution in [1.29, 1.82) is 0 Å². The zero-order valence-corrected chi connectivity index (χ0v) is 10.3. The molecule has 1 aromatic carbocycles. The summed E-state index contributed by atoms with van der Waals surface area (Å²) in [7, 11) is 0. The fourth-order valence-corrected chi connectivity index (χ4v) is 2.06. The van der Waals surface area contributed by atoms with Crippen molar-refractivity contribution < 1.29 is 4.79 Å². The van der Waals surface area contributed by atoms with Crippen LogP contribution in [0, 0.1) is 12.8 Å². The molecule has 0 bridgehead atoms. The van der Waals surface area contributed by atoms with E-state index in [2.05, 4.69) is 22.9 Å². The highest BCUT2D eigenvalue weighted by Gasteiger charge is 2.24. The van der Waals surface area contributed by atoms with Crippen molar-refractivity contribution in [3.8, 4) is 0 Å². The number of urea groups is 1. The largest absolute Gasteiger partial charge is 0.334 e. The molecule has 3 N–H and O–H groups in total. The van der Waals surface area contributed by atoms with E-state index in [0.717, 1.165) is 24.3 Å². The number of aryl methyl sites for hydroxylation is 1. The Labute approximate surface area is 102 Å². The van der Waals surface area contributed by atoms with E-state index in [-0.39, 0.29) is 12.1 Å². The first-order valence-electron chi connectivity index (χ1n) is 6.00. The number of nitrogens with one attached hydrogen (secondary N) is 3. The molecule has 2 rings (SSSR count). The lowest BCUT2D eigenvalue weighted by Crippen LogP contribution is -2.41. The molecule has 1 saturated heterocycles. The Bertz CT molecular complexity index is 405. The molecule has 0 aromatic heterocycles. The SMILES string of the molecule is Cc1cccc(NC(=O)NC2CNCC2C)c1. The molecule has 17 heavy (non-hydrogen) atoms. The number of benzene rings is 1. The minimum Gasteiger partial charge on any atom is -0.334 e. The maximum Gasteiger partial charge on any atom is 0.319 e. The van der Waals surface area contributed by atoms with Gasteiger partial charge in [0.05, 0.1) is 0 Å². The molecule has 92 valence electrons. The average Bonchev–Trinajstić information content (AvgIpc) is 2.64. The number of anilines is 1. The van der Waals surface area contributed by atoms with E-state index < -0.39 is 0 Å². The Morgan fingerprint density at radius 1 is 1.41 bits per heavy atom. The molecule has 0 aliphatic carbocycles. The first-order chi connectivity index (χ1) is 8.15. The lowest BCUT2D eigenvalue weighted by atomic mass is 10.1.